The lowest BCUT2D eigenvalue weighted by Gasteiger charge is -2.23. The lowest BCUT2D eigenvalue weighted by molar-refractivity contribution is 0.0947. The second-order valence-electron chi connectivity index (χ2n) is 7.06. The topological polar surface area (TPSA) is 75.3 Å². The largest absolute Gasteiger partial charge is 0.445 e. The van der Waals surface area contributed by atoms with E-state index in [0.29, 0.717) is 13.1 Å². The van der Waals surface area contributed by atoms with Crippen molar-refractivity contribution in [2.75, 3.05) is 13.1 Å². The lowest BCUT2D eigenvalue weighted by Crippen LogP contribution is -2.35. The molecule has 1 fully saturated rings. The molecule has 1 saturated carbocycles. The zero-order chi connectivity index (χ0) is 17.9. The summed E-state index contributed by atoms with van der Waals surface area (Å²) in [6.45, 7) is 1.53. The van der Waals surface area contributed by atoms with Gasteiger partial charge >= 0.3 is 6.09 Å². The number of H-pyrrole nitrogens is 1. The number of aromatic nitrogens is 2. The zero-order valence-electron chi connectivity index (χ0n) is 14.7. The second-order valence-corrected chi connectivity index (χ2v) is 7.06. The third kappa shape index (κ3) is 3.79. The number of rotatable bonds is 4. The van der Waals surface area contributed by atoms with Gasteiger partial charge in [-0.3, -0.25) is 4.79 Å². The van der Waals surface area contributed by atoms with Crippen LogP contribution in [0.3, 0.4) is 0 Å². The van der Waals surface area contributed by atoms with Crippen molar-refractivity contribution in [3.8, 4) is 0 Å². The third-order valence-electron chi connectivity index (χ3n) is 5.09. The molecule has 1 aromatic heterocycles. The molecule has 136 valence electrons. The number of aryl methyl sites for hydroxylation is 1. The van der Waals surface area contributed by atoms with E-state index in [4.69, 9.17) is 4.74 Å². The van der Waals surface area contributed by atoms with E-state index in [2.05, 4.69) is 9.97 Å². The minimum Gasteiger partial charge on any atom is -0.445 e. The first-order valence-corrected chi connectivity index (χ1v) is 9.26. The van der Waals surface area contributed by atoms with Crippen molar-refractivity contribution in [3.63, 3.8) is 0 Å². The molecule has 6 nitrogen and oxygen atoms in total. The highest BCUT2D eigenvalue weighted by Gasteiger charge is 2.30. The Hall–Kier alpha value is -2.63. The van der Waals surface area contributed by atoms with Crippen LogP contribution in [-0.4, -0.2) is 39.8 Å². The van der Waals surface area contributed by atoms with Crippen molar-refractivity contribution in [3.05, 3.63) is 53.1 Å². The molecule has 1 aliphatic carbocycles. The number of fused-ring (bicyclic) bond motifs is 1. The van der Waals surface area contributed by atoms with Crippen molar-refractivity contribution in [2.24, 2.45) is 5.92 Å². The van der Waals surface area contributed by atoms with Crippen molar-refractivity contribution in [2.45, 2.75) is 38.7 Å². The molecule has 4 rings (SSSR count). The van der Waals surface area contributed by atoms with Crippen LogP contribution >= 0.6 is 0 Å². The molecule has 1 amide bonds. The van der Waals surface area contributed by atoms with Crippen molar-refractivity contribution < 1.29 is 14.3 Å². The van der Waals surface area contributed by atoms with Crippen LogP contribution in [0.4, 0.5) is 4.79 Å². The Bertz CT molecular complexity index is 793. The summed E-state index contributed by atoms with van der Waals surface area (Å²) >= 11 is 0. The van der Waals surface area contributed by atoms with Crippen molar-refractivity contribution in [1.82, 2.24) is 14.9 Å². The van der Waals surface area contributed by atoms with E-state index in [-0.39, 0.29) is 24.4 Å². The van der Waals surface area contributed by atoms with Gasteiger partial charge in [-0.2, -0.15) is 0 Å². The highest BCUT2D eigenvalue weighted by Crippen LogP contribution is 2.32. The Morgan fingerprint density at radius 2 is 1.96 bits per heavy atom. The molecule has 1 N–H and O–H groups in total. The van der Waals surface area contributed by atoms with Crippen LogP contribution in [-0.2, 0) is 24.2 Å². The molecule has 1 aliphatic heterocycles. The van der Waals surface area contributed by atoms with Gasteiger partial charge in [0.25, 0.3) is 0 Å². The van der Waals surface area contributed by atoms with Gasteiger partial charge in [-0.25, -0.2) is 9.78 Å². The molecule has 2 aliphatic rings. The number of hydrogen-bond donors (Lipinski definition) is 1. The molecular formula is C20H23N3O3. The number of carbonyl (C=O) groups is 2. The Morgan fingerprint density at radius 1 is 1.15 bits per heavy atom. The summed E-state index contributed by atoms with van der Waals surface area (Å²) in [6, 6.07) is 7.40. The van der Waals surface area contributed by atoms with Crippen LogP contribution in [0.25, 0.3) is 0 Å². The number of imidazole rings is 1. The van der Waals surface area contributed by atoms with E-state index in [1.54, 1.807) is 11.2 Å². The molecular weight excluding hydrogens is 330 g/mol. The average Bonchev–Trinajstić information content (AvgIpc) is 3.41. The molecule has 2 heterocycles. The van der Waals surface area contributed by atoms with Crippen molar-refractivity contribution >= 4 is 11.9 Å². The van der Waals surface area contributed by atoms with E-state index >= 15 is 0 Å². The monoisotopic (exact) mass is 353 g/mol. The summed E-state index contributed by atoms with van der Waals surface area (Å²) < 4.78 is 5.47. The highest BCUT2D eigenvalue weighted by atomic mass is 16.6. The zero-order valence-corrected chi connectivity index (χ0v) is 14.7. The number of ketones is 1. The number of nitrogens with zero attached hydrogens (tertiary/aromatic N) is 2. The quantitative estimate of drug-likeness (QED) is 0.857. The van der Waals surface area contributed by atoms with Gasteiger partial charge < -0.3 is 14.6 Å². The lowest BCUT2D eigenvalue weighted by atomic mass is 10.1. The molecule has 0 saturated heterocycles. The fraction of sp³-hybridized carbons (Fsp3) is 0.450. The normalized spacial score (nSPS) is 17.2. The predicted octanol–water partition coefficient (Wildman–Crippen LogP) is 3.13. The van der Waals surface area contributed by atoms with E-state index in [1.807, 2.05) is 24.3 Å². The molecule has 1 aromatic carbocycles. The summed E-state index contributed by atoms with van der Waals surface area (Å²) in [5, 5.41) is 0. The van der Waals surface area contributed by atoms with Crippen LogP contribution < -0.4 is 0 Å². The van der Waals surface area contributed by atoms with E-state index in [9.17, 15) is 9.59 Å². The number of nitrogens with one attached hydrogen (secondary N) is 1. The van der Waals surface area contributed by atoms with E-state index in [1.165, 1.54) is 5.69 Å². The highest BCUT2D eigenvalue weighted by molar-refractivity contribution is 5.99. The number of aromatic amines is 1. The molecule has 0 bridgehead atoms. The Balaban J connectivity index is 1.30. The average molecular weight is 353 g/mol. The SMILES string of the molecule is O=C(c1ccc(COC(=O)N2CCCc3[nH]cnc3CC2)cc1)C1CC1. The first-order chi connectivity index (χ1) is 12.7. The Labute approximate surface area is 152 Å². The van der Waals surface area contributed by atoms with Crippen LogP contribution in [0.5, 0.6) is 0 Å². The number of benzene rings is 1. The van der Waals surface area contributed by atoms with Crippen molar-refractivity contribution in [1.29, 1.82) is 0 Å². The summed E-state index contributed by atoms with van der Waals surface area (Å²) in [4.78, 5) is 33.6. The summed E-state index contributed by atoms with van der Waals surface area (Å²) in [5.74, 6) is 0.452. The second kappa shape index (κ2) is 7.32. The minimum atomic E-state index is -0.290. The van der Waals surface area contributed by atoms with Gasteiger partial charge in [0, 0.05) is 36.7 Å². The Kier molecular flexibility index (Phi) is 4.73. The van der Waals surface area contributed by atoms with E-state index in [0.717, 1.165) is 48.9 Å². The molecule has 2 aromatic rings. The number of hydrogen-bond acceptors (Lipinski definition) is 4. The molecule has 0 unspecified atom stereocenters. The van der Waals surface area contributed by atoms with Crippen LogP contribution in [0, 0.1) is 5.92 Å². The molecule has 0 spiro atoms. The number of carbonyl (C=O) groups excluding carboxylic acids is 2. The third-order valence-corrected chi connectivity index (χ3v) is 5.09. The summed E-state index contributed by atoms with van der Waals surface area (Å²) in [7, 11) is 0. The number of amides is 1. The predicted molar refractivity (Wildman–Crippen MR) is 95.9 cm³/mol. The van der Waals surface area contributed by atoms with Crippen LogP contribution in [0.1, 0.15) is 46.6 Å². The van der Waals surface area contributed by atoms with Gasteiger partial charge in [-0.15, -0.1) is 0 Å². The maximum atomic E-state index is 12.4. The van der Waals surface area contributed by atoms with Crippen LogP contribution in [0.2, 0.25) is 0 Å². The maximum Gasteiger partial charge on any atom is 0.410 e. The maximum absolute atomic E-state index is 12.4. The minimum absolute atomic E-state index is 0.223. The molecule has 0 radical (unpaired) electrons. The Morgan fingerprint density at radius 3 is 2.73 bits per heavy atom. The first-order valence-electron chi connectivity index (χ1n) is 9.26. The van der Waals surface area contributed by atoms with Crippen LogP contribution in [0.15, 0.2) is 30.6 Å². The summed E-state index contributed by atoms with van der Waals surface area (Å²) in [6.07, 6.45) is 5.98. The van der Waals surface area contributed by atoms with Gasteiger partial charge in [-0.05, 0) is 31.2 Å². The molecule has 6 heteroatoms. The molecule has 26 heavy (non-hydrogen) atoms. The van der Waals surface area contributed by atoms with Gasteiger partial charge in [0.15, 0.2) is 5.78 Å². The van der Waals surface area contributed by atoms with Gasteiger partial charge in [-0.1, -0.05) is 24.3 Å². The van der Waals surface area contributed by atoms with Gasteiger partial charge in [0.1, 0.15) is 6.61 Å². The number of ether oxygens (including phenoxy) is 1. The van der Waals surface area contributed by atoms with E-state index < -0.39 is 0 Å². The van der Waals surface area contributed by atoms with Gasteiger partial charge in [0.2, 0.25) is 0 Å². The molecule has 0 atom stereocenters. The smallest absolute Gasteiger partial charge is 0.410 e. The fourth-order valence-corrected chi connectivity index (χ4v) is 3.35. The first kappa shape index (κ1) is 16.8. The number of Topliss-reactive ketones (excluding diaryl/α,β-unsaturated/α-hetero) is 1. The fourth-order valence-electron chi connectivity index (χ4n) is 3.35. The van der Waals surface area contributed by atoms with Gasteiger partial charge in [0.05, 0.1) is 12.0 Å². The summed E-state index contributed by atoms with van der Waals surface area (Å²) in [5.41, 5.74) is 3.87. The standard InChI is InChI=1S/C20H23N3O3/c24-19(16-7-8-16)15-5-3-14(4-6-15)12-26-20(25)23-10-1-2-17-18(9-11-23)22-13-21-17/h3-6,13,16H,1-2,7-12H2,(H,21,22).